The molecule has 4 heteroatoms. The summed E-state index contributed by atoms with van der Waals surface area (Å²) in [5, 5.41) is 4.15. The zero-order valence-electron chi connectivity index (χ0n) is 11.7. The highest BCUT2D eigenvalue weighted by Crippen LogP contribution is 2.35. The lowest BCUT2D eigenvalue weighted by Gasteiger charge is -2.23. The van der Waals surface area contributed by atoms with E-state index in [1.54, 1.807) is 0 Å². The zero-order chi connectivity index (χ0) is 13.1. The minimum absolute atomic E-state index is 0.128. The van der Waals surface area contributed by atoms with Gasteiger partial charge < -0.3 is 10.3 Å². The Morgan fingerprint density at radius 2 is 2.22 bits per heavy atom. The second kappa shape index (κ2) is 5.83. The minimum Gasteiger partial charge on any atom is -0.338 e. The monoisotopic (exact) mass is 251 g/mol. The molecule has 2 rings (SSSR count). The van der Waals surface area contributed by atoms with E-state index in [4.69, 9.17) is 10.3 Å². The molecule has 4 atom stereocenters. The first-order valence-corrected chi connectivity index (χ1v) is 7.20. The molecule has 0 radical (unpaired) electrons. The van der Waals surface area contributed by atoms with E-state index in [1.165, 1.54) is 25.7 Å². The van der Waals surface area contributed by atoms with E-state index in [0.717, 1.165) is 18.2 Å². The van der Waals surface area contributed by atoms with Crippen LogP contribution in [0.3, 0.4) is 0 Å². The van der Waals surface area contributed by atoms with Crippen molar-refractivity contribution in [3.8, 4) is 0 Å². The number of hydrogen-bond acceptors (Lipinski definition) is 4. The van der Waals surface area contributed by atoms with Crippen LogP contribution in [0.15, 0.2) is 4.52 Å². The first-order chi connectivity index (χ1) is 8.61. The maximum atomic E-state index is 6.12. The van der Waals surface area contributed by atoms with Gasteiger partial charge in [-0.3, -0.25) is 0 Å². The SMILES string of the molecule is CC[C@H](C)[C@H](N)c1nc(C2CCCC(C)C2)no1. The van der Waals surface area contributed by atoms with Crippen molar-refractivity contribution in [1.82, 2.24) is 10.1 Å². The molecule has 18 heavy (non-hydrogen) atoms. The molecule has 0 saturated heterocycles. The standard InChI is InChI=1S/C14H25N3O/c1-4-10(3)12(15)14-16-13(17-18-14)11-7-5-6-9(2)8-11/h9-12H,4-8,15H2,1-3H3/t9?,10-,11?,12-/m0/s1. The second-order valence-corrected chi connectivity index (χ2v) is 5.87. The number of nitrogens with zero attached hydrogens (tertiary/aromatic N) is 2. The maximum Gasteiger partial charge on any atom is 0.243 e. The quantitative estimate of drug-likeness (QED) is 0.890. The first kappa shape index (κ1) is 13.5. The summed E-state index contributed by atoms with van der Waals surface area (Å²) in [7, 11) is 0. The summed E-state index contributed by atoms with van der Waals surface area (Å²) >= 11 is 0. The Kier molecular flexibility index (Phi) is 4.38. The van der Waals surface area contributed by atoms with Gasteiger partial charge in [0.2, 0.25) is 5.89 Å². The molecule has 0 bridgehead atoms. The highest BCUT2D eigenvalue weighted by Gasteiger charge is 2.26. The highest BCUT2D eigenvalue weighted by molar-refractivity contribution is 5.00. The molecule has 0 amide bonds. The summed E-state index contributed by atoms with van der Waals surface area (Å²) in [6.07, 6.45) is 5.99. The lowest BCUT2D eigenvalue weighted by atomic mass is 9.82. The zero-order valence-corrected chi connectivity index (χ0v) is 11.7. The molecule has 1 aliphatic carbocycles. The molecule has 2 unspecified atom stereocenters. The Morgan fingerprint density at radius 3 is 2.89 bits per heavy atom. The van der Waals surface area contributed by atoms with Crippen LogP contribution in [0, 0.1) is 11.8 Å². The van der Waals surface area contributed by atoms with E-state index >= 15 is 0 Å². The van der Waals surface area contributed by atoms with E-state index in [-0.39, 0.29) is 6.04 Å². The van der Waals surface area contributed by atoms with Crippen molar-refractivity contribution in [3.63, 3.8) is 0 Å². The van der Waals surface area contributed by atoms with Crippen LogP contribution >= 0.6 is 0 Å². The summed E-state index contributed by atoms with van der Waals surface area (Å²) < 4.78 is 5.35. The largest absolute Gasteiger partial charge is 0.338 e. The molecular formula is C14H25N3O. The van der Waals surface area contributed by atoms with Gasteiger partial charge >= 0.3 is 0 Å². The average molecular weight is 251 g/mol. The van der Waals surface area contributed by atoms with Crippen LogP contribution in [-0.4, -0.2) is 10.1 Å². The van der Waals surface area contributed by atoms with Gasteiger partial charge in [-0.2, -0.15) is 4.98 Å². The summed E-state index contributed by atoms with van der Waals surface area (Å²) in [5.41, 5.74) is 6.12. The van der Waals surface area contributed by atoms with E-state index in [0.29, 0.717) is 17.7 Å². The molecule has 1 aromatic rings. The lowest BCUT2D eigenvalue weighted by Crippen LogP contribution is -2.19. The number of aromatic nitrogens is 2. The predicted octanol–water partition coefficient (Wildman–Crippen LogP) is 3.41. The molecule has 1 saturated carbocycles. The van der Waals surface area contributed by atoms with Gasteiger partial charge in [-0.05, 0) is 24.7 Å². The average Bonchev–Trinajstić information content (AvgIpc) is 2.86. The summed E-state index contributed by atoms with van der Waals surface area (Å²) in [6, 6.07) is -0.128. The van der Waals surface area contributed by atoms with E-state index in [2.05, 4.69) is 30.9 Å². The van der Waals surface area contributed by atoms with Gasteiger partial charge in [-0.25, -0.2) is 0 Å². The van der Waals surface area contributed by atoms with Crippen molar-refractivity contribution < 1.29 is 4.52 Å². The Bertz CT molecular complexity index is 377. The van der Waals surface area contributed by atoms with Crippen LogP contribution < -0.4 is 5.73 Å². The van der Waals surface area contributed by atoms with Crippen molar-refractivity contribution in [3.05, 3.63) is 11.7 Å². The van der Waals surface area contributed by atoms with Crippen LogP contribution in [0.5, 0.6) is 0 Å². The van der Waals surface area contributed by atoms with E-state index < -0.39 is 0 Å². The van der Waals surface area contributed by atoms with Gasteiger partial charge in [-0.15, -0.1) is 0 Å². The molecular weight excluding hydrogens is 226 g/mol. The maximum absolute atomic E-state index is 6.12. The van der Waals surface area contributed by atoms with Gasteiger partial charge in [0.25, 0.3) is 0 Å². The molecule has 1 fully saturated rings. The van der Waals surface area contributed by atoms with Crippen molar-refractivity contribution in [2.45, 2.75) is 64.8 Å². The smallest absolute Gasteiger partial charge is 0.243 e. The predicted molar refractivity (Wildman–Crippen MR) is 71.1 cm³/mol. The topological polar surface area (TPSA) is 64.9 Å². The molecule has 1 heterocycles. The molecule has 102 valence electrons. The summed E-state index contributed by atoms with van der Waals surface area (Å²) in [6.45, 7) is 6.56. The van der Waals surface area contributed by atoms with E-state index in [9.17, 15) is 0 Å². The van der Waals surface area contributed by atoms with Crippen molar-refractivity contribution in [1.29, 1.82) is 0 Å². The third-order valence-electron chi connectivity index (χ3n) is 4.30. The Morgan fingerprint density at radius 1 is 1.44 bits per heavy atom. The van der Waals surface area contributed by atoms with Gasteiger partial charge in [0.05, 0.1) is 6.04 Å². The molecule has 4 nitrogen and oxygen atoms in total. The van der Waals surface area contributed by atoms with Crippen molar-refractivity contribution >= 4 is 0 Å². The van der Waals surface area contributed by atoms with Crippen molar-refractivity contribution in [2.75, 3.05) is 0 Å². The van der Waals surface area contributed by atoms with Crippen LogP contribution in [0.4, 0.5) is 0 Å². The van der Waals surface area contributed by atoms with Crippen LogP contribution in [0.25, 0.3) is 0 Å². The Balaban J connectivity index is 2.05. The fourth-order valence-corrected chi connectivity index (χ4v) is 2.71. The molecule has 0 aromatic carbocycles. The second-order valence-electron chi connectivity index (χ2n) is 5.87. The third kappa shape index (κ3) is 2.91. The number of hydrogen-bond donors (Lipinski definition) is 1. The normalized spacial score (nSPS) is 28.0. The Hall–Kier alpha value is -0.900. The fourth-order valence-electron chi connectivity index (χ4n) is 2.71. The van der Waals surface area contributed by atoms with Crippen LogP contribution in [-0.2, 0) is 0 Å². The van der Waals surface area contributed by atoms with Gasteiger partial charge in [0.15, 0.2) is 5.82 Å². The minimum atomic E-state index is -0.128. The summed E-state index contributed by atoms with van der Waals surface area (Å²) in [5.74, 6) is 3.10. The van der Waals surface area contributed by atoms with E-state index in [1.807, 2.05) is 0 Å². The molecule has 0 aliphatic heterocycles. The van der Waals surface area contributed by atoms with Crippen molar-refractivity contribution in [2.24, 2.45) is 17.6 Å². The lowest BCUT2D eigenvalue weighted by molar-refractivity contribution is 0.300. The fraction of sp³-hybridized carbons (Fsp3) is 0.857. The summed E-state index contributed by atoms with van der Waals surface area (Å²) in [4.78, 5) is 4.53. The molecule has 1 aromatic heterocycles. The highest BCUT2D eigenvalue weighted by atomic mass is 16.5. The Labute approximate surface area is 109 Å². The molecule has 1 aliphatic rings. The van der Waals surface area contributed by atoms with Gasteiger partial charge in [0.1, 0.15) is 0 Å². The third-order valence-corrected chi connectivity index (χ3v) is 4.30. The number of rotatable bonds is 4. The van der Waals surface area contributed by atoms with Crippen LogP contribution in [0.1, 0.15) is 76.6 Å². The number of nitrogens with two attached hydrogens (primary N) is 1. The first-order valence-electron chi connectivity index (χ1n) is 7.20. The molecule has 0 spiro atoms. The van der Waals surface area contributed by atoms with Gasteiger partial charge in [-0.1, -0.05) is 45.2 Å². The van der Waals surface area contributed by atoms with Crippen LogP contribution in [0.2, 0.25) is 0 Å². The van der Waals surface area contributed by atoms with Gasteiger partial charge in [0, 0.05) is 5.92 Å². The molecule has 2 N–H and O–H groups in total.